The molecule has 0 unspecified atom stereocenters. The summed E-state index contributed by atoms with van der Waals surface area (Å²) in [5, 5.41) is 0. The first-order chi connectivity index (χ1) is 16.3. The molecule has 5 rings (SSSR count). The fraction of sp³-hybridized carbons (Fsp3) is 0.267. The van der Waals surface area contributed by atoms with Gasteiger partial charge in [0.15, 0.2) is 11.5 Å². The van der Waals surface area contributed by atoms with E-state index in [0.717, 1.165) is 50.4 Å². The minimum atomic E-state index is 0.786. The minimum absolute atomic E-state index is 0.786. The quantitative estimate of drug-likeness (QED) is 0.364. The summed E-state index contributed by atoms with van der Waals surface area (Å²) in [7, 11) is 3.37. The molecule has 3 nitrogen and oxygen atoms in total. The topological polar surface area (TPSA) is 21.7 Å². The number of ether oxygens (including phenoxy) is 2. The maximum atomic E-state index is 5.47. The first kappa shape index (κ1) is 21.5. The predicted octanol–water partition coefficient (Wildman–Crippen LogP) is 6.33. The van der Waals surface area contributed by atoms with Gasteiger partial charge in [0.1, 0.15) is 0 Å². The molecule has 0 atom stereocenters. The van der Waals surface area contributed by atoms with Gasteiger partial charge in [0.25, 0.3) is 0 Å². The van der Waals surface area contributed by atoms with Crippen molar-refractivity contribution in [2.75, 3.05) is 33.9 Å². The van der Waals surface area contributed by atoms with Crippen molar-refractivity contribution in [2.24, 2.45) is 0 Å². The van der Waals surface area contributed by atoms with E-state index in [9.17, 15) is 0 Å². The zero-order valence-electron chi connectivity index (χ0n) is 19.5. The van der Waals surface area contributed by atoms with E-state index < -0.39 is 0 Å². The monoisotopic (exact) mass is 437 g/mol. The molecule has 3 heteroatoms. The number of benzene rings is 3. The van der Waals surface area contributed by atoms with Crippen molar-refractivity contribution < 1.29 is 9.47 Å². The Morgan fingerprint density at radius 3 is 1.94 bits per heavy atom. The molecule has 1 aliphatic carbocycles. The molecule has 33 heavy (non-hydrogen) atoms. The normalized spacial score (nSPS) is 15.6. The van der Waals surface area contributed by atoms with Crippen molar-refractivity contribution in [1.29, 1.82) is 0 Å². The standard InChI is InChI=1S/C30H31NO2/c1-32-28-14-11-22(21-29(28)33-2)15-18-31-19-16-25(17-20-31)30-26-9-5-3-7-23(26)12-13-24-8-4-6-10-27(24)30/h3-14,21H,15-20H2,1-2H3. The third-order valence-electron chi connectivity index (χ3n) is 6.88. The first-order valence-electron chi connectivity index (χ1n) is 11.8. The molecule has 3 aromatic rings. The summed E-state index contributed by atoms with van der Waals surface area (Å²) in [5.74, 6) is 1.59. The number of likely N-dealkylation sites (tertiary alicyclic amines) is 1. The predicted molar refractivity (Wildman–Crippen MR) is 137 cm³/mol. The van der Waals surface area contributed by atoms with Crippen LogP contribution in [0, 0.1) is 0 Å². The fourth-order valence-corrected chi connectivity index (χ4v) is 5.07. The van der Waals surface area contributed by atoms with Crippen LogP contribution < -0.4 is 9.47 Å². The van der Waals surface area contributed by atoms with Gasteiger partial charge in [0.05, 0.1) is 14.2 Å². The molecule has 168 valence electrons. The molecule has 3 aromatic carbocycles. The molecule has 0 amide bonds. The van der Waals surface area contributed by atoms with Crippen molar-refractivity contribution >= 4 is 17.7 Å². The highest BCUT2D eigenvalue weighted by Crippen LogP contribution is 2.38. The SMILES string of the molecule is COc1ccc(CCN2CCC(=C3c4ccccc4C=Cc4ccccc43)CC2)cc1OC. The Kier molecular flexibility index (Phi) is 6.32. The van der Waals surface area contributed by atoms with Crippen LogP contribution in [0.15, 0.2) is 72.3 Å². The van der Waals surface area contributed by atoms with Gasteiger partial charge in [0, 0.05) is 19.6 Å². The van der Waals surface area contributed by atoms with E-state index in [-0.39, 0.29) is 0 Å². The summed E-state index contributed by atoms with van der Waals surface area (Å²) in [6.07, 6.45) is 7.77. The molecule has 0 aromatic heterocycles. The van der Waals surface area contributed by atoms with Gasteiger partial charge in [-0.2, -0.15) is 0 Å². The van der Waals surface area contributed by atoms with Crippen LogP contribution in [-0.4, -0.2) is 38.8 Å². The van der Waals surface area contributed by atoms with Gasteiger partial charge < -0.3 is 14.4 Å². The van der Waals surface area contributed by atoms with Crippen LogP contribution in [0.25, 0.3) is 17.7 Å². The van der Waals surface area contributed by atoms with E-state index in [1.807, 2.05) is 6.07 Å². The van der Waals surface area contributed by atoms with Gasteiger partial charge >= 0.3 is 0 Å². The summed E-state index contributed by atoms with van der Waals surface area (Å²) in [5.41, 5.74) is 9.68. The third-order valence-corrected chi connectivity index (χ3v) is 6.88. The number of rotatable bonds is 5. The van der Waals surface area contributed by atoms with Gasteiger partial charge in [-0.15, -0.1) is 0 Å². The lowest BCUT2D eigenvalue weighted by Gasteiger charge is -2.30. The van der Waals surface area contributed by atoms with Gasteiger partial charge in [-0.1, -0.05) is 72.3 Å². The maximum Gasteiger partial charge on any atom is 0.160 e. The number of methoxy groups -OCH3 is 2. The molecular weight excluding hydrogens is 406 g/mol. The molecule has 0 saturated carbocycles. The van der Waals surface area contributed by atoms with E-state index >= 15 is 0 Å². The van der Waals surface area contributed by atoms with Crippen molar-refractivity contribution in [3.63, 3.8) is 0 Å². The molecule has 1 aliphatic heterocycles. The summed E-state index contributed by atoms with van der Waals surface area (Å²) < 4.78 is 10.8. The van der Waals surface area contributed by atoms with Crippen molar-refractivity contribution in [1.82, 2.24) is 4.90 Å². The Hall–Kier alpha value is -3.30. The van der Waals surface area contributed by atoms with Crippen LogP contribution in [0.4, 0.5) is 0 Å². The highest BCUT2D eigenvalue weighted by atomic mass is 16.5. The van der Waals surface area contributed by atoms with Gasteiger partial charge in [-0.25, -0.2) is 0 Å². The van der Waals surface area contributed by atoms with E-state index in [0.29, 0.717) is 0 Å². The summed E-state index contributed by atoms with van der Waals surface area (Å²) in [6.45, 7) is 3.26. The van der Waals surface area contributed by atoms with Crippen LogP contribution in [0.2, 0.25) is 0 Å². The number of nitrogens with zero attached hydrogens (tertiary/aromatic N) is 1. The molecule has 0 spiro atoms. The highest BCUT2D eigenvalue weighted by molar-refractivity contribution is 5.94. The molecule has 0 bridgehead atoms. The van der Waals surface area contributed by atoms with E-state index in [1.54, 1.807) is 19.8 Å². The number of hydrogen-bond acceptors (Lipinski definition) is 3. The van der Waals surface area contributed by atoms with Crippen molar-refractivity contribution in [3.05, 3.63) is 100 Å². The molecular formula is C30H31NO2. The lowest BCUT2D eigenvalue weighted by Crippen LogP contribution is -2.32. The van der Waals surface area contributed by atoms with Crippen LogP contribution in [0.3, 0.4) is 0 Å². The Labute approximate surface area is 197 Å². The second-order valence-electron chi connectivity index (χ2n) is 8.77. The lowest BCUT2D eigenvalue weighted by molar-refractivity contribution is 0.260. The number of hydrogen-bond donors (Lipinski definition) is 0. The van der Waals surface area contributed by atoms with E-state index in [2.05, 4.69) is 77.7 Å². The molecule has 2 aliphatic rings. The van der Waals surface area contributed by atoms with E-state index in [4.69, 9.17) is 9.47 Å². The molecule has 1 heterocycles. The van der Waals surface area contributed by atoms with Gasteiger partial charge in [0.2, 0.25) is 0 Å². The van der Waals surface area contributed by atoms with Crippen LogP contribution in [0.1, 0.15) is 40.7 Å². The second-order valence-corrected chi connectivity index (χ2v) is 8.77. The molecule has 0 N–H and O–H groups in total. The van der Waals surface area contributed by atoms with Crippen LogP contribution in [-0.2, 0) is 6.42 Å². The number of piperidine rings is 1. The van der Waals surface area contributed by atoms with Crippen molar-refractivity contribution in [2.45, 2.75) is 19.3 Å². The zero-order chi connectivity index (χ0) is 22.6. The third kappa shape index (κ3) is 4.46. The zero-order valence-corrected chi connectivity index (χ0v) is 19.5. The Morgan fingerprint density at radius 2 is 1.33 bits per heavy atom. The van der Waals surface area contributed by atoms with Gasteiger partial charge in [-0.3, -0.25) is 0 Å². The van der Waals surface area contributed by atoms with Gasteiger partial charge in [-0.05, 0) is 64.8 Å². The largest absolute Gasteiger partial charge is 0.493 e. The molecule has 1 fully saturated rings. The average Bonchev–Trinajstić information content (AvgIpc) is 3.04. The summed E-state index contributed by atoms with van der Waals surface area (Å²) >= 11 is 0. The summed E-state index contributed by atoms with van der Waals surface area (Å²) in [6, 6.07) is 23.9. The lowest BCUT2D eigenvalue weighted by atomic mass is 9.86. The smallest absolute Gasteiger partial charge is 0.160 e. The summed E-state index contributed by atoms with van der Waals surface area (Å²) in [4.78, 5) is 2.59. The highest BCUT2D eigenvalue weighted by Gasteiger charge is 2.22. The fourth-order valence-electron chi connectivity index (χ4n) is 5.07. The Bertz CT molecular complexity index is 1150. The average molecular weight is 438 g/mol. The minimum Gasteiger partial charge on any atom is -0.493 e. The molecule has 0 radical (unpaired) electrons. The van der Waals surface area contributed by atoms with Crippen LogP contribution >= 0.6 is 0 Å². The van der Waals surface area contributed by atoms with E-state index in [1.165, 1.54) is 33.4 Å². The maximum absolute atomic E-state index is 5.47. The van der Waals surface area contributed by atoms with Crippen LogP contribution in [0.5, 0.6) is 11.5 Å². The Morgan fingerprint density at radius 1 is 0.727 bits per heavy atom. The van der Waals surface area contributed by atoms with Crippen molar-refractivity contribution in [3.8, 4) is 11.5 Å². The second kappa shape index (κ2) is 9.68. The Balaban J connectivity index is 1.34. The first-order valence-corrected chi connectivity index (χ1v) is 11.8. The number of fused-ring (bicyclic) bond motifs is 2. The molecule has 1 saturated heterocycles.